The highest BCUT2D eigenvalue weighted by Crippen LogP contribution is 2.20. The number of aliphatic carboxylic acids is 1. The van der Waals surface area contributed by atoms with E-state index in [0.717, 1.165) is 31.0 Å². The molecule has 0 bridgehead atoms. The average Bonchev–Trinajstić information content (AvgIpc) is 2.73. The summed E-state index contributed by atoms with van der Waals surface area (Å²) in [5, 5.41) is 15.4. The number of nitrogens with zero attached hydrogens (tertiary/aromatic N) is 2. The van der Waals surface area contributed by atoms with E-state index in [1.807, 2.05) is 6.92 Å². The predicted molar refractivity (Wildman–Crippen MR) is 74.7 cm³/mol. The number of carboxylic acid groups (broad SMARTS) is 1. The molecule has 108 valence electrons. The first-order valence-electron chi connectivity index (χ1n) is 6.57. The SMILES string of the molecule is CCCCCCC(C)n1c(SCC(=O)O)n[nH]c1=O. The van der Waals surface area contributed by atoms with E-state index in [2.05, 4.69) is 17.1 Å². The molecule has 1 aromatic rings. The molecule has 19 heavy (non-hydrogen) atoms. The standard InChI is InChI=1S/C12H21N3O3S/c1-3-4-5-6-7-9(2)15-11(18)13-14-12(15)19-8-10(16)17/h9H,3-8H2,1-2H3,(H,13,18)(H,16,17). The topological polar surface area (TPSA) is 88.0 Å². The van der Waals surface area contributed by atoms with E-state index in [1.54, 1.807) is 4.57 Å². The van der Waals surface area contributed by atoms with E-state index in [1.165, 1.54) is 12.8 Å². The van der Waals surface area contributed by atoms with Gasteiger partial charge in [0.05, 0.1) is 5.75 Å². The van der Waals surface area contributed by atoms with Crippen LogP contribution in [0.4, 0.5) is 0 Å². The third-order valence-electron chi connectivity index (χ3n) is 2.91. The number of thioether (sulfide) groups is 1. The van der Waals surface area contributed by atoms with Crippen LogP contribution in [0.5, 0.6) is 0 Å². The Hall–Kier alpha value is -1.24. The van der Waals surface area contributed by atoms with Gasteiger partial charge in [-0.1, -0.05) is 44.4 Å². The Bertz CT molecular complexity index is 455. The second-order valence-corrected chi connectivity index (χ2v) is 5.50. The highest BCUT2D eigenvalue weighted by molar-refractivity contribution is 7.99. The Morgan fingerprint density at radius 3 is 2.84 bits per heavy atom. The average molecular weight is 287 g/mol. The van der Waals surface area contributed by atoms with Crippen molar-refractivity contribution in [3.8, 4) is 0 Å². The Kier molecular flexibility index (Phi) is 6.69. The van der Waals surface area contributed by atoms with Gasteiger partial charge in [0.25, 0.3) is 0 Å². The van der Waals surface area contributed by atoms with Crippen molar-refractivity contribution in [2.24, 2.45) is 0 Å². The van der Waals surface area contributed by atoms with E-state index in [0.29, 0.717) is 5.16 Å². The van der Waals surface area contributed by atoms with E-state index in [9.17, 15) is 9.59 Å². The molecular weight excluding hydrogens is 266 g/mol. The Morgan fingerprint density at radius 2 is 2.21 bits per heavy atom. The highest BCUT2D eigenvalue weighted by Gasteiger charge is 2.15. The molecule has 1 unspecified atom stereocenters. The minimum atomic E-state index is -0.914. The predicted octanol–water partition coefficient (Wildman–Crippen LogP) is 2.28. The summed E-state index contributed by atoms with van der Waals surface area (Å²) in [6.07, 6.45) is 5.51. The van der Waals surface area contributed by atoms with Crippen LogP contribution in [0.1, 0.15) is 52.0 Å². The Balaban J connectivity index is 2.61. The first kappa shape index (κ1) is 15.8. The molecular formula is C12H21N3O3S. The summed E-state index contributed by atoms with van der Waals surface area (Å²) in [6, 6.07) is 0.0411. The van der Waals surface area contributed by atoms with Crippen LogP contribution in [0, 0.1) is 0 Å². The van der Waals surface area contributed by atoms with Gasteiger partial charge in [-0.05, 0) is 13.3 Å². The smallest absolute Gasteiger partial charge is 0.344 e. The van der Waals surface area contributed by atoms with Gasteiger partial charge in [-0.25, -0.2) is 9.89 Å². The number of unbranched alkanes of at least 4 members (excludes halogenated alkanes) is 3. The molecule has 0 spiro atoms. The molecule has 0 aromatic carbocycles. The van der Waals surface area contributed by atoms with Crippen LogP contribution in [-0.4, -0.2) is 31.6 Å². The summed E-state index contributed by atoms with van der Waals surface area (Å²) >= 11 is 1.07. The van der Waals surface area contributed by atoms with Crippen LogP contribution in [0.15, 0.2) is 9.95 Å². The zero-order valence-electron chi connectivity index (χ0n) is 11.4. The van der Waals surface area contributed by atoms with Crippen molar-refractivity contribution in [2.75, 3.05) is 5.75 Å². The number of hydrogen-bond donors (Lipinski definition) is 2. The molecule has 0 saturated heterocycles. The molecule has 0 radical (unpaired) electrons. The van der Waals surface area contributed by atoms with Crippen molar-refractivity contribution in [1.29, 1.82) is 0 Å². The van der Waals surface area contributed by atoms with Crippen LogP contribution < -0.4 is 5.69 Å². The van der Waals surface area contributed by atoms with Gasteiger partial charge in [-0.2, -0.15) is 0 Å². The fraction of sp³-hybridized carbons (Fsp3) is 0.750. The number of rotatable bonds is 9. The Morgan fingerprint density at radius 1 is 1.47 bits per heavy atom. The van der Waals surface area contributed by atoms with Gasteiger partial charge in [0.1, 0.15) is 0 Å². The summed E-state index contributed by atoms with van der Waals surface area (Å²) < 4.78 is 1.56. The molecule has 2 N–H and O–H groups in total. The van der Waals surface area contributed by atoms with Crippen LogP contribution >= 0.6 is 11.8 Å². The van der Waals surface area contributed by atoms with E-state index in [-0.39, 0.29) is 17.5 Å². The fourth-order valence-corrected chi connectivity index (χ4v) is 2.67. The summed E-state index contributed by atoms with van der Waals surface area (Å²) in [5.41, 5.74) is -0.268. The normalized spacial score (nSPS) is 12.5. The number of H-pyrrole nitrogens is 1. The second kappa shape index (κ2) is 8.04. The summed E-state index contributed by atoms with van der Waals surface area (Å²) in [6.45, 7) is 4.12. The number of aromatic amines is 1. The summed E-state index contributed by atoms with van der Waals surface area (Å²) in [7, 11) is 0. The van der Waals surface area contributed by atoms with Crippen LogP contribution in [0.2, 0.25) is 0 Å². The largest absolute Gasteiger partial charge is 0.481 e. The number of nitrogens with one attached hydrogen (secondary N) is 1. The molecule has 1 heterocycles. The molecule has 0 saturated carbocycles. The van der Waals surface area contributed by atoms with Crippen molar-refractivity contribution < 1.29 is 9.90 Å². The van der Waals surface area contributed by atoms with Crippen molar-refractivity contribution >= 4 is 17.7 Å². The third kappa shape index (κ3) is 5.10. The number of hydrogen-bond acceptors (Lipinski definition) is 4. The lowest BCUT2D eigenvalue weighted by Crippen LogP contribution is -2.21. The van der Waals surface area contributed by atoms with Gasteiger partial charge < -0.3 is 5.11 Å². The maximum Gasteiger partial charge on any atom is 0.344 e. The first-order chi connectivity index (χ1) is 9.06. The molecule has 0 fully saturated rings. The van der Waals surface area contributed by atoms with Crippen molar-refractivity contribution in [3.05, 3.63) is 10.5 Å². The van der Waals surface area contributed by atoms with Gasteiger partial charge in [0.15, 0.2) is 5.16 Å². The number of carbonyl (C=O) groups is 1. The quantitative estimate of drug-likeness (QED) is 0.537. The van der Waals surface area contributed by atoms with Gasteiger partial charge in [0.2, 0.25) is 0 Å². The minimum absolute atomic E-state index is 0.0411. The van der Waals surface area contributed by atoms with E-state index < -0.39 is 5.97 Å². The molecule has 0 aliphatic rings. The lowest BCUT2D eigenvalue weighted by atomic mass is 10.1. The van der Waals surface area contributed by atoms with Crippen LogP contribution in [0.25, 0.3) is 0 Å². The van der Waals surface area contributed by atoms with Crippen molar-refractivity contribution in [2.45, 2.75) is 57.1 Å². The lowest BCUT2D eigenvalue weighted by Gasteiger charge is -2.13. The molecule has 6 nitrogen and oxygen atoms in total. The maximum absolute atomic E-state index is 11.7. The molecule has 7 heteroatoms. The van der Waals surface area contributed by atoms with Gasteiger partial charge in [0, 0.05) is 6.04 Å². The minimum Gasteiger partial charge on any atom is -0.481 e. The molecule has 0 aliphatic carbocycles. The van der Waals surface area contributed by atoms with E-state index >= 15 is 0 Å². The van der Waals surface area contributed by atoms with Gasteiger partial charge in [-0.3, -0.25) is 9.36 Å². The lowest BCUT2D eigenvalue weighted by molar-refractivity contribution is -0.133. The summed E-state index contributed by atoms with van der Waals surface area (Å²) in [4.78, 5) is 22.3. The summed E-state index contributed by atoms with van der Waals surface area (Å²) in [5.74, 6) is -1.00. The van der Waals surface area contributed by atoms with Gasteiger partial charge >= 0.3 is 11.7 Å². The maximum atomic E-state index is 11.7. The monoisotopic (exact) mass is 287 g/mol. The molecule has 1 atom stereocenters. The van der Waals surface area contributed by atoms with E-state index in [4.69, 9.17) is 5.11 Å². The molecule has 0 amide bonds. The molecule has 1 aromatic heterocycles. The van der Waals surface area contributed by atoms with Crippen LogP contribution in [-0.2, 0) is 4.79 Å². The Labute approximate surface area is 116 Å². The second-order valence-electron chi connectivity index (χ2n) is 4.56. The van der Waals surface area contributed by atoms with Crippen molar-refractivity contribution in [1.82, 2.24) is 14.8 Å². The highest BCUT2D eigenvalue weighted by atomic mass is 32.2. The van der Waals surface area contributed by atoms with Crippen molar-refractivity contribution in [3.63, 3.8) is 0 Å². The number of carboxylic acids is 1. The molecule has 0 aliphatic heterocycles. The van der Waals surface area contributed by atoms with Gasteiger partial charge in [-0.15, -0.1) is 5.10 Å². The number of aromatic nitrogens is 3. The van der Waals surface area contributed by atoms with Crippen LogP contribution in [0.3, 0.4) is 0 Å². The zero-order chi connectivity index (χ0) is 14.3. The molecule has 1 rings (SSSR count). The first-order valence-corrected chi connectivity index (χ1v) is 7.56. The zero-order valence-corrected chi connectivity index (χ0v) is 12.2. The third-order valence-corrected chi connectivity index (χ3v) is 3.85. The fourth-order valence-electron chi connectivity index (χ4n) is 1.90.